The first kappa shape index (κ1) is 15.2. The molecule has 0 spiro atoms. The van der Waals surface area contributed by atoms with Gasteiger partial charge in [0.25, 0.3) is 5.91 Å². The molecule has 1 amide bonds. The zero-order valence-corrected chi connectivity index (χ0v) is 13.0. The normalized spacial score (nSPS) is 13.7. The van der Waals surface area contributed by atoms with E-state index in [2.05, 4.69) is 15.4 Å². The van der Waals surface area contributed by atoms with Crippen LogP contribution in [0.1, 0.15) is 22.8 Å². The summed E-state index contributed by atoms with van der Waals surface area (Å²) in [7, 11) is 1.78. The highest BCUT2D eigenvalue weighted by molar-refractivity contribution is 5.97. The third kappa shape index (κ3) is 3.22. The van der Waals surface area contributed by atoms with Crippen LogP contribution in [0.4, 0.5) is 0 Å². The lowest BCUT2D eigenvalue weighted by Gasteiger charge is -2.22. The Morgan fingerprint density at radius 3 is 2.96 bits per heavy atom. The second-order valence-corrected chi connectivity index (χ2v) is 5.77. The van der Waals surface area contributed by atoms with Crippen molar-refractivity contribution in [1.82, 2.24) is 20.1 Å². The monoisotopic (exact) mass is 310 g/mol. The quantitative estimate of drug-likeness (QED) is 0.767. The fourth-order valence-corrected chi connectivity index (χ4v) is 2.37. The molecule has 0 aliphatic carbocycles. The molecule has 3 aromatic rings. The number of fused-ring (bicyclic) bond motifs is 1. The minimum absolute atomic E-state index is 0.0998. The van der Waals surface area contributed by atoms with Crippen molar-refractivity contribution in [1.29, 1.82) is 0 Å². The first-order valence-electron chi connectivity index (χ1n) is 7.30. The summed E-state index contributed by atoms with van der Waals surface area (Å²) in [6, 6.07) is 9.06. The molecule has 6 nitrogen and oxygen atoms in total. The predicted octanol–water partition coefficient (Wildman–Crippen LogP) is 1.61. The predicted molar refractivity (Wildman–Crippen MR) is 86.9 cm³/mol. The van der Waals surface area contributed by atoms with Gasteiger partial charge in [-0.2, -0.15) is 5.10 Å². The Hall–Kier alpha value is -2.73. The zero-order valence-electron chi connectivity index (χ0n) is 13.0. The van der Waals surface area contributed by atoms with Gasteiger partial charge in [-0.3, -0.25) is 14.5 Å². The molecule has 1 aromatic carbocycles. The average Bonchev–Trinajstić information content (AvgIpc) is 2.99. The third-order valence-electron chi connectivity index (χ3n) is 3.79. The van der Waals surface area contributed by atoms with E-state index in [4.69, 9.17) is 0 Å². The zero-order chi connectivity index (χ0) is 16.4. The number of hydrogen-bond donors (Lipinski definition) is 2. The topological polar surface area (TPSA) is 80.0 Å². The van der Waals surface area contributed by atoms with Gasteiger partial charge in [0.1, 0.15) is 5.60 Å². The number of nitrogens with zero attached hydrogens (tertiary/aromatic N) is 3. The van der Waals surface area contributed by atoms with Crippen molar-refractivity contribution < 1.29 is 9.90 Å². The van der Waals surface area contributed by atoms with E-state index >= 15 is 0 Å². The van der Waals surface area contributed by atoms with Crippen molar-refractivity contribution in [2.24, 2.45) is 7.05 Å². The number of rotatable bonds is 4. The van der Waals surface area contributed by atoms with Gasteiger partial charge in [0, 0.05) is 36.0 Å². The first-order valence-corrected chi connectivity index (χ1v) is 7.30. The molecule has 0 bridgehead atoms. The molecule has 0 aliphatic heterocycles. The summed E-state index contributed by atoms with van der Waals surface area (Å²) in [5.74, 6) is -0.236. The highest BCUT2D eigenvalue weighted by Crippen LogP contribution is 2.19. The van der Waals surface area contributed by atoms with Gasteiger partial charge in [-0.25, -0.2) is 0 Å². The fraction of sp³-hybridized carbons (Fsp3) is 0.235. The molecule has 1 atom stereocenters. The van der Waals surface area contributed by atoms with Crippen LogP contribution in [-0.2, 0) is 12.6 Å². The number of amides is 1. The maximum absolute atomic E-state index is 12.3. The summed E-state index contributed by atoms with van der Waals surface area (Å²) in [5.41, 5.74) is 0.851. The van der Waals surface area contributed by atoms with E-state index in [0.717, 1.165) is 10.9 Å². The van der Waals surface area contributed by atoms with E-state index in [1.165, 1.54) is 0 Å². The van der Waals surface area contributed by atoms with Crippen LogP contribution in [0.15, 0.2) is 48.9 Å². The largest absolute Gasteiger partial charge is 0.383 e. The number of aryl methyl sites for hydroxylation is 1. The fourth-order valence-electron chi connectivity index (χ4n) is 2.37. The lowest BCUT2D eigenvalue weighted by atomic mass is 9.99. The second kappa shape index (κ2) is 5.81. The van der Waals surface area contributed by atoms with Crippen molar-refractivity contribution in [3.8, 4) is 0 Å². The van der Waals surface area contributed by atoms with Crippen LogP contribution in [0, 0.1) is 0 Å². The minimum Gasteiger partial charge on any atom is -0.383 e. The first-order chi connectivity index (χ1) is 11.0. The highest BCUT2D eigenvalue weighted by atomic mass is 16.3. The Labute approximate surface area is 133 Å². The smallest absolute Gasteiger partial charge is 0.251 e. The molecule has 2 heterocycles. The molecule has 6 heteroatoms. The van der Waals surface area contributed by atoms with Crippen LogP contribution in [0.2, 0.25) is 0 Å². The van der Waals surface area contributed by atoms with Gasteiger partial charge in [-0.1, -0.05) is 6.07 Å². The van der Waals surface area contributed by atoms with Crippen molar-refractivity contribution in [2.75, 3.05) is 6.54 Å². The molecule has 0 saturated carbocycles. The van der Waals surface area contributed by atoms with Gasteiger partial charge in [0.2, 0.25) is 0 Å². The van der Waals surface area contributed by atoms with Crippen molar-refractivity contribution >= 4 is 16.8 Å². The highest BCUT2D eigenvalue weighted by Gasteiger charge is 2.25. The Balaban J connectivity index is 1.73. The van der Waals surface area contributed by atoms with Gasteiger partial charge in [0.05, 0.1) is 18.3 Å². The van der Waals surface area contributed by atoms with Gasteiger partial charge >= 0.3 is 0 Å². The molecule has 23 heavy (non-hydrogen) atoms. The molecule has 0 saturated heterocycles. The number of carbonyl (C=O) groups is 1. The van der Waals surface area contributed by atoms with Gasteiger partial charge in [-0.05, 0) is 31.2 Å². The number of aromatic nitrogens is 3. The molecule has 2 aromatic heterocycles. The average molecular weight is 310 g/mol. The number of benzene rings is 1. The number of hydrogen-bond acceptors (Lipinski definition) is 4. The number of carbonyl (C=O) groups excluding carboxylic acids is 1. The molecule has 0 radical (unpaired) electrons. The lowest BCUT2D eigenvalue weighted by Crippen LogP contribution is -2.38. The summed E-state index contributed by atoms with van der Waals surface area (Å²) < 4.78 is 1.61. The van der Waals surface area contributed by atoms with E-state index in [1.807, 2.05) is 18.2 Å². The number of pyridine rings is 1. The summed E-state index contributed by atoms with van der Waals surface area (Å²) in [6.45, 7) is 1.75. The standard InChI is InChI=1S/C17H18N4O2/c1-17(23,14-9-20-21(2)10-14)11-19-16(22)13-5-6-15-12(8-13)4-3-7-18-15/h3-10,23H,11H2,1-2H3,(H,19,22). The molecule has 0 fully saturated rings. The van der Waals surface area contributed by atoms with E-state index in [-0.39, 0.29) is 12.5 Å². The summed E-state index contributed by atoms with van der Waals surface area (Å²) >= 11 is 0. The van der Waals surface area contributed by atoms with Crippen molar-refractivity contribution in [3.63, 3.8) is 0 Å². The molecule has 2 N–H and O–H groups in total. The van der Waals surface area contributed by atoms with Crippen LogP contribution in [0.3, 0.4) is 0 Å². The molecule has 1 unspecified atom stereocenters. The molecule has 0 aliphatic rings. The van der Waals surface area contributed by atoms with E-state index in [1.54, 1.807) is 49.4 Å². The Kier molecular flexibility index (Phi) is 3.83. The van der Waals surface area contributed by atoms with E-state index < -0.39 is 5.60 Å². The Morgan fingerprint density at radius 2 is 2.22 bits per heavy atom. The second-order valence-electron chi connectivity index (χ2n) is 5.77. The number of aliphatic hydroxyl groups is 1. The van der Waals surface area contributed by atoms with Crippen LogP contribution >= 0.6 is 0 Å². The molecule has 118 valence electrons. The van der Waals surface area contributed by atoms with E-state index in [9.17, 15) is 9.90 Å². The SMILES string of the molecule is Cn1cc(C(C)(O)CNC(=O)c2ccc3ncccc3c2)cn1. The van der Waals surface area contributed by atoms with Crippen molar-refractivity contribution in [3.05, 3.63) is 60.0 Å². The maximum atomic E-state index is 12.3. The molecule has 3 rings (SSSR count). The van der Waals surface area contributed by atoms with Crippen LogP contribution in [0.5, 0.6) is 0 Å². The molecular formula is C17H18N4O2. The van der Waals surface area contributed by atoms with Gasteiger partial charge in [0.15, 0.2) is 0 Å². The van der Waals surface area contributed by atoms with Gasteiger partial charge < -0.3 is 10.4 Å². The van der Waals surface area contributed by atoms with Crippen LogP contribution < -0.4 is 5.32 Å². The minimum atomic E-state index is -1.18. The summed E-state index contributed by atoms with van der Waals surface area (Å²) in [5, 5.41) is 18.2. The Bertz CT molecular complexity index is 854. The van der Waals surface area contributed by atoms with E-state index in [0.29, 0.717) is 11.1 Å². The van der Waals surface area contributed by atoms with Crippen molar-refractivity contribution in [2.45, 2.75) is 12.5 Å². The maximum Gasteiger partial charge on any atom is 0.251 e. The third-order valence-corrected chi connectivity index (χ3v) is 3.79. The molecular weight excluding hydrogens is 292 g/mol. The summed E-state index contributed by atoms with van der Waals surface area (Å²) in [6.07, 6.45) is 5.04. The Morgan fingerprint density at radius 1 is 1.39 bits per heavy atom. The van der Waals surface area contributed by atoms with Crippen LogP contribution in [-0.4, -0.2) is 32.3 Å². The summed E-state index contributed by atoms with van der Waals surface area (Å²) in [4.78, 5) is 16.5. The number of nitrogens with one attached hydrogen (secondary N) is 1. The van der Waals surface area contributed by atoms with Crippen LogP contribution in [0.25, 0.3) is 10.9 Å². The lowest BCUT2D eigenvalue weighted by molar-refractivity contribution is 0.0526. The van der Waals surface area contributed by atoms with Gasteiger partial charge in [-0.15, -0.1) is 0 Å².